The van der Waals surface area contributed by atoms with Gasteiger partial charge in [0.2, 0.25) is 5.91 Å². The molecule has 2 aromatic rings. The third kappa shape index (κ3) is 3.60. The molecule has 3 amide bonds. The minimum absolute atomic E-state index is 0.0257. The summed E-state index contributed by atoms with van der Waals surface area (Å²) in [6.07, 6.45) is 0.830. The smallest absolute Gasteiger partial charge is 0.325 e. The van der Waals surface area contributed by atoms with E-state index >= 15 is 0 Å². The second-order valence-corrected chi connectivity index (χ2v) is 6.74. The van der Waals surface area contributed by atoms with Crippen LogP contribution < -0.4 is 19.7 Å². The number of urea groups is 1. The summed E-state index contributed by atoms with van der Waals surface area (Å²) in [6.45, 7) is 4.11. The molecule has 0 atom stereocenters. The zero-order valence-electron chi connectivity index (χ0n) is 15.8. The predicted octanol–water partition coefficient (Wildman–Crippen LogP) is 2.90. The van der Waals surface area contributed by atoms with E-state index in [0.717, 1.165) is 23.4 Å². The molecular weight excluding hydrogens is 358 g/mol. The van der Waals surface area contributed by atoms with E-state index in [-0.39, 0.29) is 18.5 Å². The van der Waals surface area contributed by atoms with E-state index in [1.807, 2.05) is 49.4 Å². The molecule has 28 heavy (non-hydrogen) atoms. The maximum Gasteiger partial charge on any atom is 0.325 e. The molecule has 1 fully saturated rings. The van der Waals surface area contributed by atoms with E-state index in [9.17, 15) is 9.59 Å². The number of carbonyl (C=O) groups excluding carboxylic acids is 2. The first kappa shape index (κ1) is 18.2. The fourth-order valence-corrected chi connectivity index (χ4v) is 3.48. The summed E-state index contributed by atoms with van der Waals surface area (Å²) < 4.78 is 11.1. The summed E-state index contributed by atoms with van der Waals surface area (Å²) >= 11 is 0. The molecule has 0 radical (unpaired) electrons. The SMILES string of the molecule is CCc1ccccc1NC(=O)CN1CCN(c2ccc3c(c2)OCCO3)C1=O. The van der Waals surface area contributed by atoms with Gasteiger partial charge in [-0.1, -0.05) is 25.1 Å². The molecule has 4 rings (SSSR count). The Morgan fingerprint density at radius 3 is 2.68 bits per heavy atom. The van der Waals surface area contributed by atoms with E-state index in [2.05, 4.69) is 5.32 Å². The second kappa shape index (κ2) is 7.80. The molecule has 2 aromatic carbocycles. The summed E-state index contributed by atoms with van der Waals surface area (Å²) in [5.41, 5.74) is 2.61. The molecule has 2 aliphatic rings. The number of carbonyl (C=O) groups is 2. The number of rotatable bonds is 5. The fraction of sp³-hybridized carbons (Fsp3) is 0.333. The predicted molar refractivity (Wildman–Crippen MR) is 106 cm³/mol. The van der Waals surface area contributed by atoms with Crippen LogP contribution in [0.5, 0.6) is 11.5 Å². The van der Waals surface area contributed by atoms with Gasteiger partial charge in [0, 0.05) is 30.5 Å². The summed E-state index contributed by atoms with van der Waals surface area (Å²) in [4.78, 5) is 28.5. The minimum Gasteiger partial charge on any atom is -0.486 e. The first-order valence-corrected chi connectivity index (χ1v) is 9.49. The Bertz CT molecular complexity index is 899. The summed E-state index contributed by atoms with van der Waals surface area (Å²) in [5, 5.41) is 2.92. The average Bonchev–Trinajstić information content (AvgIpc) is 3.08. The number of para-hydroxylation sites is 1. The van der Waals surface area contributed by atoms with Gasteiger partial charge in [-0.2, -0.15) is 0 Å². The monoisotopic (exact) mass is 381 g/mol. The van der Waals surface area contributed by atoms with Crippen molar-refractivity contribution < 1.29 is 19.1 Å². The van der Waals surface area contributed by atoms with Gasteiger partial charge in [-0.15, -0.1) is 0 Å². The van der Waals surface area contributed by atoms with Crippen molar-refractivity contribution in [3.05, 3.63) is 48.0 Å². The van der Waals surface area contributed by atoms with Crippen LogP contribution in [0.4, 0.5) is 16.2 Å². The Kier molecular flexibility index (Phi) is 5.06. The highest BCUT2D eigenvalue weighted by atomic mass is 16.6. The van der Waals surface area contributed by atoms with Crippen molar-refractivity contribution in [2.45, 2.75) is 13.3 Å². The summed E-state index contributed by atoms with van der Waals surface area (Å²) in [6, 6.07) is 13.0. The number of benzene rings is 2. The van der Waals surface area contributed by atoms with Crippen molar-refractivity contribution >= 4 is 23.3 Å². The van der Waals surface area contributed by atoms with Crippen LogP contribution in [0.1, 0.15) is 12.5 Å². The van der Waals surface area contributed by atoms with E-state index in [1.54, 1.807) is 9.80 Å². The molecular formula is C21H23N3O4. The lowest BCUT2D eigenvalue weighted by atomic mass is 10.1. The topological polar surface area (TPSA) is 71.1 Å². The quantitative estimate of drug-likeness (QED) is 0.865. The highest BCUT2D eigenvalue weighted by Crippen LogP contribution is 2.35. The van der Waals surface area contributed by atoms with Crippen LogP contribution in [-0.2, 0) is 11.2 Å². The summed E-state index contributed by atoms with van der Waals surface area (Å²) in [5.74, 6) is 1.13. The van der Waals surface area contributed by atoms with Gasteiger partial charge in [0.1, 0.15) is 19.8 Å². The van der Waals surface area contributed by atoms with E-state index in [0.29, 0.717) is 37.8 Å². The molecule has 0 unspecified atom stereocenters. The number of anilines is 2. The van der Waals surface area contributed by atoms with Crippen LogP contribution >= 0.6 is 0 Å². The van der Waals surface area contributed by atoms with Gasteiger partial charge in [0.25, 0.3) is 0 Å². The lowest BCUT2D eigenvalue weighted by molar-refractivity contribution is -0.116. The zero-order chi connectivity index (χ0) is 19.5. The number of nitrogens with one attached hydrogen (secondary N) is 1. The van der Waals surface area contributed by atoms with Gasteiger partial charge in [-0.3, -0.25) is 9.69 Å². The highest BCUT2D eigenvalue weighted by Gasteiger charge is 2.31. The van der Waals surface area contributed by atoms with Gasteiger partial charge < -0.3 is 19.7 Å². The lowest BCUT2D eigenvalue weighted by Crippen LogP contribution is -2.37. The third-order valence-electron chi connectivity index (χ3n) is 4.94. The third-order valence-corrected chi connectivity index (χ3v) is 4.94. The Morgan fingerprint density at radius 1 is 1.07 bits per heavy atom. The molecule has 146 valence electrons. The molecule has 0 saturated carbocycles. The zero-order valence-corrected chi connectivity index (χ0v) is 15.8. The number of amides is 3. The number of fused-ring (bicyclic) bond motifs is 1. The van der Waals surface area contributed by atoms with Crippen LogP contribution in [-0.4, -0.2) is 49.7 Å². The van der Waals surface area contributed by atoms with Crippen LogP contribution in [0.2, 0.25) is 0 Å². The van der Waals surface area contributed by atoms with E-state index < -0.39 is 0 Å². The van der Waals surface area contributed by atoms with Crippen LogP contribution in [0, 0.1) is 0 Å². The Hall–Kier alpha value is -3.22. The lowest BCUT2D eigenvalue weighted by Gasteiger charge is -2.22. The number of aryl methyl sites for hydroxylation is 1. The van der Waals surface area contributed by atoms with E-state index in [1.165, 1.54) is 0 Å². The molecule has 1 saturated heterocycles. The van der Waals surface area contributed by atoms with Gasteiger partial charge >= 0.3 is 6.03 Å². The highest BCUT2D eigenvalue weighted by molar-refractivity contribution is 5.99. The number of hydrogen-bond acceptors (Lipinski definition) is 4. The Morgan fingerprint density at radius 2 is 1.86 bits per heavy atom. The molecule has 2 aliphatic heterocycles. The first-order valence-electron chi connectivity index (χ1n) is 9.49. The van der Waals surface area contributed by atoms with Gasteiger partial charge in [0.05, 0.1) is 0 Å². The average molecular weight is 381 g/mol. The largest absolute Gasteiger partial charge is 0.486 e. The molecule has 0 bridgehead atoms. The van der Waals surface area contributed by atoms with Gasteiger partial charge in [0.15, 0.2) is 11.5 Å². The van der Waals surface area contributed by atoms with Gasteiger partial charge in [-0.25, -0.2) is 4.79 Å². The van der Waals surface area contributed by atoms with Crippen molar-refractivity contribution in [1.29, 1.82) is 0 Å². The molecule has 7 heteroatoms. The van der Waals surface area contributed by atoms with Crippen LogP contribution in [0.25, 0.3) is 0 Å². The van der Waals surface area contributed by atoms with E-state index in [4.69, 9.17) is 9.47 Å². The standard InChI is InChI=1S/C21H23N3O4/c1-2-15-5-3-4-6-17(15)22-20(25)14-23-9-10-24(21(23)26)16-7-8-18-19(13-16)28-12-11-27-18/h3-8,13H,2,9-12,14H2,1H3,(H,22,25). The van der Waals surface area contributed by atoms with Crippen LogP contribution in [0.3, 0.4) is 0 Å². The number of hydrogen-bond donors (Lipinski definition) is 1. The van der Waals surface area contributed by atoms with Crippen molar-refractivity contribution in [2.24, 2.45) is 0 Å². The Balaban J connectivity index is 1.41. The van der Waals surface area contributed by atoms with Crippen molar-refractivity contribution in [1.82, 2.24) is 4.90 Å². The minimum atomic E-state index is -0.196. The van der Waals surface area contributed by atoms with Gasteiger partial charge in [-0.05, 0) is 30.2 Å². The molecule has 7 nitrogen and oxygen atoms in total. The molecule has 0 aromatic heterocycles. The summed E-state index contributed by atoms with van der Waals surface area (Å²) in [7, 11) is 0. The first-order chi connectivity index (χ1) is 13.7. The molecule has 0 spiro atoms. The van der Waals surface area contributed by atoms with Crippen molar-refractivity contribution in [3.63, 3.8) is 0 Å². The molecule has 0 aliphatic carbocycles. The number of ether oxygens (including phenoxy) is 2. The van der Waals surface area contributed by atoms with Crippen molar-refractivity contribution in [3.8, 4) is 11.5 Å². The maximum atomic E-state index is 12.8. The Labute approximate surface area is 163 Å². The normalized spacial score (nSPS) is 15.7. The van der Waals surface area contributed by atoms with Crippen LogP contribution in [0.15, 0.2) is 42.5 Å². The second-order valence-electron chi connectivity index (χ2n) is 6.74. The molecule has 1 N–H and O–H groups in total. The fourth-order valence-electron chi connectivity index (χ4n) is 3.48. The molecule has 2 heterocycles. The maximum absolute atomic E-state index is 12.8. The number of nitrogens with zero attached hydrogens (tertiary/aromatic N) is 2. The van der Waals surface area contributed by atoms with Crippen molar-refractivity contribution in [2.75, 3.05) is 43.1 Å².